The molecule has 3 nitrogen and oxygen atoms in total. The van der Waals surface area contributed by atoms with Gasteiger partial charge >= 0.3 is 0 Å². The van der Waals surface area contributed by atoms with Crippen molar-refractivity contribution in [3.05, 3.63) is 24.0 Å². The van der Waals surface area contributed by atoms with Crippen molar-refractivity contribution in [2.24, 2.45) is 0 Å². The molecule has 0 aromatic carbocycles. The first-order valence-corrected chi connectivity index (χ1v) is 6.84. The average molecular weight is 238 g/mol. The second-order valence-corrected chi connectivity index (χ2v) is 4.37. The van der Waals surface area contributed by atoms with Gasteiger partial charge in [0.2, 0.25) is 0 Å². The monoisotopic (exact) mass is 238 g/mol. The Bertz CT molecular complexity index is 243. The molecule has 0 bridgehead atoms. The van der Waals surface area contributed by atoms with Gasteiger partial charge in [0.25, 0.3) is 0 Å². The zero-order valence-corrected chi connectivity index (χ0v) is 11.2. The summed E-state index contributed by atoms with van der Waals surface area (Å²) in [4.78, 5) is 8.01. The molecular weight excluding hydrogens is 212 g/mol. The fourth-order valence-corrected chi connectivity index (χ4v) is 1.89. The van der Waals surface area contributed by atoms with Gasteiger partial charge in [0.05, 0.1) is 0 Å². The van der Waals surface area contributed by atoms with Crippen molar-refractivity contribution in [3.8, 4) is 0 Å². The average Bonchev–Trinajstić information content (AvgIpc) is 2.85. The molecule has 1 fully saturated rings. The first-order chi connectivity index (χ1) is 8.36. The largest absolute Gasteiger partial charge is 0.413 e. The zero-order valence-electron chi connectivity index (χ0n) is 11.2. The fraction of sp³-hybridized carbons (Fsp3) is 0.714. The SMILES string of the molecule is CC/C=C\C=C(/CC)ONCCN1CCCC1. The molecule has 1 aliphatic rings. The second kappa shape index (κ2) is 9.25. The Morgan fingerprint density at radius 1 is 1.29 bits per heavy atom. The standard InChI is InChI=1S/C14H26N2O/c1-3-5-6-9-14(4-2)17-15-10-13-16-11-7-8-12-16/h5-6,9,15H,3-4,7-8,10-13H2,1-2H3/b6-5-,14-9+. The van der Waals surface area contributed by atoms with Gasteiger partial charge in [0.15, 0.2) is 0 Å². The van der Waals surface area contributed by atoms with Gasteiger partial charge in [-0.1, -0.05) is 26.0 Å². The van der Waals surface area contributed by atoms with Gasteiger partial charge in [0.1, 0.15) is 5.76 Å². The lowest BCUT2D eigenvalue weighted by atomic mass is 10.3. The second-order valence-electron chi connectivity index (χ2n) is 4.37. The molecule has 1 aliphatic heterocycles. The molecule has 3 heteroatoms. The quantitative estimate of drug-likeness (QED) is 0.304. The van der Waals surface area contributed by atoms with Crippen LogP contribution in [0.1, 0.15) is 39.5 Å². The summed E-state index contributed by atoms with van der Waals surface area (Å²) in [6, 6.07) is 0. The van der Waals surface area contributed by atoms with Crippen LogP contribution in [0, 0.1) is 0 Å². The topological polar surface area (TPSA) is 24.5 Å². The Labute approximate surface area is 105 Å². The van der Waals surface area contributed by atoms with Crippen molar-refractivity contribution >= 4 is 0 Å². The maximum absolute atomic E-state index is 5.53. The van der Waals surface area contributed by atoms with Crippen LogP contribution in [-0.4, -0.2) is 31.1 Å². The fourth-order valence-electron chi connectivity index (χ4n) is 1.89. The highest BCUT2D eigenvalue weighted by Gasteiger charge is 2.10. The maximum Gasteiger partial charge on any atom is 0.123 e. The number of hydroxylamine groups is 1. The molecule has 0 spiro atoms. The molecule has 98 valence electrons. The molecular formula is C14H26N2O. The highest BCUT2D eigenvalue weighted by molar-refractivity contribution is 5.06. The molecule has 17 heavy (non-hydrogen) atoms. The van der Waals surface area contributed by atoms with E-state index in [1.54, 1.807) is 0 Å². The molecule has 0 aromatic heterocycles. The van der Waals surface area contributed by atoms with Crippen LogP contribution >= 0.6 is 0 Å². The summed E-state index contributed by atoms with van der Waals surface area (Å²) in [5.74, 6) is 0.996. The predicted octanol–water partition coefficient (Wildman–Crippen LogP) is 2.86. The third-order valence-corrected chi connectivity index (χ3v) is 2.93. The molecule has 1 N–H and O–H groups in total. The number of likely N-dealkylation sites (tertiary alicyclic amines) is 1. The van der Waals surface area contributed by atoms with E-state index in [1.165, 1.54) is 25.9 Å². The number of rotatable bonds is 8. The molecule has 1 heterocycles. The van der Waals surface area contributed by atoms with Crippen LogP contribution in [0.5, 0.6) is 0 Å². The minimum atomic E-state index is 0.898. The third kappa shape index (κ3) is 6.49. The van der Waals surface area contributed by atoms with Gasteiger partial charge < -0.3 is 9.74 Å². The molecule has 0 saturated carbocycles. The summed E-state index contributed by atoms with van der Waals surface area (Å²) in [6.07, 6.45) is 10.9. The van der Waals surface area contributed by atoms with E-state index < -0.39 is 0 Å². The van der Waals surface area contributed by atoms with Crippen molar-refractivity contribution in [1.82, 2.24) is 10.4 Å². The normalized spacial score (nSPS) is 18.1. The van der Waals surface area contributed by atoms with Gasteiger partial charge in [-0.3, -0.25) is 0 Å². The first-order valence-electron chi connectivity index (χ1n) is 6.84. The summed E-state index contributed by atoms with van der Waals surface area (Å²) in [5.41, 5.74) is 3.05. The Kier molecular flexibility index (Phi) is 7.76. The van der Waals surface area contributed by atoms with Gasteiger partial charge in [-0.2, -0.15) is 5.48 Å². The van der Waals surface area contributed by atoms with Crippen molar-refractivity contribution in [3.63, 3.8) is 0 Å². The van der Waals surface area contributed by atoms with E-state index in [0.717, 1.165) is 31.7 Å². The first kappa shape index (κ1) is 14.3. The van der Waals surface area contributed by atoms with Crippen LogP contribution in [0.25, 0.3) is 0 Å². The van der Waals surface area contributed by atoms with Crippen LogP contribution < -0.4 is 5.48 Å². The number of hydrogen-bond donors (Lipinski definition) is 1. The molecule has 1 rings (SSSR count). The predicted molar refractivity (Wildman–Crippen MR) is 72.6 cm³/mol. The van der Waals surface area contributed by atoms with E-state index in [0.29, 0.717) is 0 Å². The zero-order chi connectivity index (χ0) is 12.3. The lowest BCUT2D eigenvalue weighted by Gasteiger charge is -2.15. The van der Waals surface area contributed by atoms with Crippen LogP contribution in [0.3, 0.4) is 0 Å². The minimum absolute atomic E-state index is 0.898. The van der Waals surface area contributed by atoms with Gasteiger partial charge in [0, 0.05) is 19.5 Å². The van der Waals surface area contributed by atoms with E-state index in [2.05, 4.69) is 36.4 Å². The summed E-state index contributed by atoms with van der Waals surface area (Å²) in [6.45, 7) is 8.71. The van der Waals surface area contributed by atoms with E-state index in [1.807, 2.05) is 6.08 Å². The Hall–Kier alpha value is -0.800. The maximum atomic E-state index is 5.53. The number of hydrogen-bond acceptors (Lipinski definition) is 3. The van der Waals surface area contributed by atoms with E-state index >= 15 is 0 Å². The summed E-state index contributed by atoms with van der Waals surface area (Å²) >= 11 is 0. The van der Waals surface area contributed by atoms with E-state index in [4.69, 9.17) is 4.84 Å². The minimum Gasteiger partial charge on any atom is -0.413 e. The Balaban J connectivity index is 2.10. The molecule has 0 aliphatic carbocycles. The van der Waals surface area contributed by atoms with E-state index in [-0.39, 0.29) is 0 Å². The highest BCUT2D eigenvalue weighted by atomic mass is 16.6. The lowest BCUT2D eigenvalue weighted by Crippen LogP contribution is -2.29. The van der Waals surface area contributed by atoms with E-state index in [9.17, 15) is 0 Å². The van der Waals surface area contributed by atoms with Crippen LogP contribution in [0.2, 0.25) is 0 Å². The Morgan fingerprint density at radius 3 is 2.71 bits per heavy atom. The Morgan fingerprint density at radius 2 is 2.06 bits per heavy atom. The summed E-state index contributed by atoms with van der Waals surface area (Å²) in [5, 5.41) is 0. The van der Waals surface area contributed by atoms with Crippen molar-refractivity contribution in [2.75, 3.05) is 26.2 Å². The molecule has 1 saturated heterocycles. The van der Waals surface area contributed by atoms with Crippen LogP contribution in [-0.2, 0) is 4.84 Å². The van der Waals surface area contributed by atoms with Gasteiger partial charge in [-0.25, -0.2) is 0 Å². The number of nitrogens with one attached hydrogen (secondary N) is 1. The van der Waals surface area contributed by atoms with Crippen molar-refractivity contribution < 1.29 is 4.84 Å². The van der Waals surface area contributed by atoms with Crippen molar-refractivity contribution in [2.45, 2.75) is 39.5 Å². The molecule has 0 radical (unpaired) electrons. The number of allylic oxidation sites excluding steroid dienone is 4. The lowest BCUT2D eigenvalue weighted by molar-refractivity contribution is 0.0926. The molecule has 0 unspecified atom stereocenters. The molecule has 0 atom stereocenters. The van der Waals surface area contributed by atoms with Gasteiger partial charge in [-0.05, 0) is 38.4 Å². The van der Waals surface area contributed by atoms with Crippen molar-refractivity contribution in [1.29, 1.82) is 0 Å². The van der Waals surface area contributed by atoms with Crippen LogP contribution in [0.15, 0.2) is 24.0 Å². The summed E-state index contributed by atoms with van der Waals surface area (Å²) < 4.78 is 0. The van der Waals surface area contributed by atoms with Crippen LogP contribution in [0.4, 0.5) is 0 Å². The smallest absolute Gasteiger partial charge is 0.123 e. The number of nitrogens with zero attached hydrogens (tertiary/aromatic N) is 1. The third-order valence-electron chi connectivity index (χ3n) is 2.93. The highest BCUT2D eigenvalue weighted by Crippen LogP contribution is 2.06. The van der Waals surface area contributed by atoms with Gasteiger partial charge in [-0.15, -0.1) is 0 Å². The molecule has 0 amide bonds. The summed E-state index contributed by atoms with van der Waals surface area (Å²) in [7, 11) is 0. The molecule has 0 aromatic rings.